The number of carbonyl (C=O) groups is 1. The Balaban J connectivity index is 0.00000196. The molecule has 1 aromatic carbocycles. The van der Waals surface area contributed by atoms with E-state index in [1.165, 1.54) is 24.8 Å². The van der Waals surface area contributed by atoms with Crippen LogP contribution in [0.15, 0.2) is 24.3 Å². The molecule has 2 saturated carbocycles. The maximum atomic E-state index is 13.3. The number of fused-ring (bicyclic) bond motifs is 2. The van der Waals surface area contributed by atoms with Crippen LogP contribution in [-0.2, 0) is 4.79 Å². The maximum absolute atomic E-state index is 13.3. The van der Waals surface area contributed by atoms with Crippen molar-refractivity contribution in [1.82, 2.24) is 4.90 Å². The Morgan fingerprint density at radius 1 is 1.15 bits per heavy atom. The van der Waals surface area contributed by atoms with Gasteiger partial charge in [0.15, 0.2) is 0 Å². The Labute approximate surface area is 162 Å². The standard InChI is InChI=1S/C21H30N2O2.ClH/c1-25-18-8-3-5-14(13-18)19-9-4-10-23(19)21(24)17-11-15-6-2-7-16(12-17)20(15)22;/h3,5,8,13,15-17,19-20H,2,4,6-7,9-12,22H2,1H3;1H. The molecule has 26 heavy (non-hydrogen) atoms. The fourth-order valence-corrected chi connectivity index (χ4v) is 5.45. The van der Waals surface area contributed by atoms with Crippen LogP contribution in [0.1, 0.15) is 56.6 Å². The average Bonchev–Trinajstić information content (AvgIpc) is 3.10. The number of ether oxygens (including phenoxy) is 1. The number of halogens is 1. The molecule has 1 amide bonds. The van der Waals surface area contributed by atoms with Crippen molar-refractivity contribution < 1.29 is 9.53 Å². The van der Waals surface area contributed by atoms with Crippen molar-refractivity contribution in [3.05, 3.63) is 29.8 Å². The van der Waals surface area contributed by atoms with Gasteiger partial charge >= 0.3 is 0 Å². The molecule has 5 heteroatoms. The SMILES string of the molecule is COc1cccc(C2CCCN2C(=O)C2CC3CCCC(C2)C3N)c1.Cl. The molecule has 3 fully saturated rings. The van der Waals surface area contributed by atoms with Gasteiger partial charge in [0, 0.05) is 18.5 Å². The Morgan fingerprint density at radius 3 is 2.58 bits per heavy atom. The van der Waals surface area contributed by atoms with Gasteiger partial charge in [0.2, 0.25) is 5.91 Å². The van der Waals surface area contributed by atoms with Crippen LogP contribution in [0.25, 0.3) is 0 Å². The zero-order valence-electron chi connectivity index (χ0n) is 15.6. The van der Waals surface area contributed by atoms with Crippen molar-refractivity contribution in [2.45, 2.75) is 57.0 Å². The summed E-state index contributed by atoms with van der Waals surface area (Å²) < 4.78 is 5.37. The number of hydrogen-bond donors (Lipinski definition) is 1. The number of likely N-dealkylation sites (tertiary alicyclic amines) is 1. The molecular weight excluding hydrogens is 348 g/mol. The van der Waals surface area contributed by atoms with Crippen LogP contribution in [0.4, 0.5) is 0 Å². The van der Waals surface area contributed by atoms with Gasteiger partial charge in [-0.05, 0) is 68.1 Å². The molecule has 3 aliphatic rings. The fraction of sp³-hybridized carbons (Fsp3) is 0.667. The van der Waals surface area contributed by atoms with Gasteiger partial charge in [0.05, 0.1) is 13.2 Å². The Kier molecular flexibility index (Phi) is 6.13. The highest BCUT2D eigenvalue weighted by atomic mass is 35.5. The zero-order chi connectivity index (χ0) is 17.4. The highest BCUT2D eigenvalue weighted by molar-refractivity contribution is 5.85. The Morgan fingerprint density at radius 2 is 1.88 bits per heavy atom. The van der Waals surface area contributed by atoms with Crippen molar-refractivity contribution in [1.29, 1.82) is 0 Å². The molecule has 3 unspecified atom stereocenters. The molecule has 3 atom stereocenters. The van der Waals surface area contributed by atoms with Crippen LogP contribution >= 0.6 is 12.4 Å². The first-order valence-electron chi connectivity index (χ1n) is 9.87. The number of rotatable bonds is 3. The lowest BCUT2D eigenvalue weighted by molar-refractivity contribution is -0.139. The highest BCUT2D eigenvalue weighted by Crippen LogP contribution is 2.44. The predicted octanol–water partition coefficient (Wildman–Crippen LogP) is 3.93. The normalized spacial score (nSPS) is 33.5. The van der Waals surface area contributed by atoms with Gasteiger partial charge in [-0.2, -0.15) is 0 Å². The van der Waals surface area contributed by atoms with Gasteiger partial charge in [0.25, 0.3) is 0 Å². The second kappa shape index (κ2) is 8.18. The molecule has 4 rings (SSSR count). The molecule has 2 bridgehead atoms. The average molecular weight is 379 g/mol. The third-order valence-electron chi connectivity index (χ3n) is 6.78. The first-order valence-corrected chi connectivity index (χ1v) is 9.87. The van der Waals surface area contributed by atoms with E-state index < -0.39 is 0 Å². The van der Waals surface area contributed by atoms with E-state index in [1.54, 1.807) is 7.11 Å². The smallest absolute Gasteiger partial charge is 0.226 e. The molecule has 2 aliphatic carbocycles. The minimum atomic E-state index is 0. The number of carbonyl (C=O) groups excluding carboxylic acids is 1. The second-order valence-electron chi connectivity index (χ2n) is 8.16. The lowest BCUT2D eigenvalue weighted by Gasteiger charge is -2.44. The van der Waals surface area contributed by atoms with Crippen molar-refractivity contribution in [2.75, 3.05) is 13.7 Å². The molecule has 0 spiro atoms. The van der Waals surface area contributed by atoms with Crippen molar-refractivity contribution >= 4 is 18.3 Å². The first kappa shape index (κ1) is 19.5. The molecule has 1 heterocycles. The van der Waals surface area contributed by atoms with Crippen LogP contribution in [-0.4, -0.2) is 30.5 Å². The number of amides is 1. The summed E-state index contributed by atoms with van der Waals surface area (Å²) in [6.45, 7) is 0.887. The third-order valence-corrected chi connectivity index (χ3v) is 6.78. The fourth-order valence-electron chi connectivity index (χ4n) is 5.45. The summed E-state index contributed by atoms with van der Waals surface area (Å²) in [4.78, 5) is 15.5. The number of methoxy groups -OCH3 is 1. The molecule has 1 aromatic rings. The summed E-state index contributed by atoms with van der Waals surface area (Å²) >= 11 is 0. The summed E-state index contributed by atoms with van der Waals surface area (Å²) in [6, 6.07) is 8.74. The molecule has 4 nitrogen and oxygen atoms in total. The number of benzene rings is 1. The van der Waals surface area contributed by atoms with Crippen LogP contribution in [0.5, 0.6) is 5.75 Å². The van der Waals surface area contributed by atoms with E-state index in [2.05, 4.69) is 17.0 Å². The molecule has 0 radical (unpaired) electrons. The molecule has 0 aromatic heterocycles. The molecule has 144 valence electrons. The molecule has 1 saturated heterocycles. The number of nitrogens with zero attached hydrogens (tertiary/aromatic N) is 1. The van der Waals surface area contributed by atoms with E-state index >= 15 is 0 Å². The number of hydrogen-bond acceptors (Lipinski definition) is 3. The minimum Gasteiger partial charge on any atom is -0.497 e. The monoisotopic (exact) mass is 378 g/mol. The summed E-state index contributed by atoms with van der Waals surface area (Å²) in [5.74, 6) is 2.53. The third kappa shape index (κ3) is 3.59. The van der Waals surface area contributed by atoms with Crippen LogP contribution < -0.4 is 10.5 Å². The topological polar surface area (TPSA) is 55.6 Å². The summed E-state index contributed by atoms with van der Waals surface area (Å²) in [7, 11) is 1.70. The van der Waals surface area contributed by atoms with E-state index in [1.807, 2.05) is 12.1 Å². The lowest BCUT2D eigenvalue weighted by Crippen LogP contribution is -2.49. The Hall–Kier alpha value is -1.26. The van der Waals surface area contributed by atoms with Crippen molar-refractivity contribution in [2.24, 2.45) is 23.5 Å². The quantitative estimate of drug-likeness (QED) is 0.866. The van der Waals surface area contributed by atoms with Crippen LogP contribution in [0.2, 0.25) is 0 Å². The molecule has 1 aliphatic heterocycles. The van der Waals surface area contributed by atoms with E-state index in [-0.39, 0.29) is 24.4 Å². The second-order valence-corrected chi connectivity index (χ2v) is 8.16. The van der Waals surface area contributed by atoms with E-state index in [4.69, 9.17) is 10.5 Å². The summed E-state index contributed by atoms with van der Waals surface area (Å²) in [5, 5.41) is 0. The van der Waals surface area contributed by atoms with E-state index in [0.29, 0.717) is 23.8 Å². The number of nitrogens with two attached hydrogens (primary N) is 1. The predicted molar refractivity (Wildman–Crippen MR) is 105 cm³/mol. The van der Waals surface area contributed by atoms with Crippen LogP contribution in [0, 0.1) is 17.8 Å². The van der Waals surface area contributed by atoms with Crippen LogP contribution in [0.3, 0.4) is 0 Å². The van der Waals surface area contributed by atoms with Gasteiger partial charge in [-0.25, -0.2) is 0 Å². The lowest BCUT2D eigenvalue weighted by atomic mass is 9.65. The van der Waals surface area contributed by atoms with Gasteiger partial charge in [-0.15, -0.1) is 12.4 Å². The van der Waals surface area contributed by atoms with Gasteiger partial charge in [-0.1, -0.05) is 18.6 Å². The highest BCUT2D eigenvalue weighted by Gasteiger charge is 2.43. The molecular formula is C21H31ClN2O2. The van der Waals surface area contributed by atoms with Crippen molar-refractivity contribution in [3.8, 4) is 5.75 Å². The summed E-state index contributed by atoms with van der Waals surface area (Å²) in [5.41, 5.74) is 7.62. The maximum Gasteiger partial charge on any atom is 0.226 e. The zero-order valence-corrected chi connectivity index (χ0v) is 16.4. The molecule has 2 N–H and O–H groups in total. The van der Waals surface area contributed by atoms with E-state index in [9.17, 15) is 4.79 Å². The largest absolute Gasteiger partial charge is 0.497 e. The minimum absolute atomic E-state index is 0. The van der Waals surface area contributed by atoms with Gasteiger partial charge in [0.1, 0.15) is 5.75 Å². The first-order chi connectivity index (χ1) is 12.2. The van der Waals surface area contributed by atoms with Gasteiger partial charge < -0.3 is 15.4 Å². The van der Waals surface area contributed by atoms with E-state index in [0.717, 1.165) is 38.0 Å². The van der Waals surface area contributed by atoms with Crippen molar-refractivity contribution in [3.63, 3.8) is 0 Å². The van der Waals surface area contributed by atoms with Gasteiger partial charge in [-0.3, -0.25) is 4.79 Å². The summed E-state index contributed by atoms with van der Waals surface area (Å²) in [6.07, 6.45) is 7.85. The Bertz CT molecular complexity index is 624.